The summed E-state index contributed by atoms with van der Waals surface area (Å²) in [4.78, 5) is 3.00. The molecule has 3 nitrogen and oxygen atoms in total. The van der Waals surface area contributed by atoms with Crippen LogP contribution in [0.3, 0.4) is 0 Å². The highest BCUT2D eigenvalue weighted by molar-refractivity contribution is 5.45. The average Bonchev–Trinajstić information content (AvgIpc) is 2.36. The van der Waals surface area contributed by atoms with Crippen molar-refractivity contribution in [1.29, 1.82) is 0 Å². The molecule has 0 aromatic heterocycles. The monoisotopic (exact) mass is 273 g/mol. The highest BCUT2D eigenvalue weighted by Gasteiger charge is 2.20. The van der Waals surface area contributed by atoms with E-state index in [0.717, 1.165) is 0 Å². The van der Waals surface area contributed by atoms with Gasteiger partial charge in [-0.3, -0.25) is 0 Å². The fourth-order valence-electron chi connectivity index (χ4n) is 2.63. The lowest BCUT2D eigenvalue weighted by Gasteiger charge is -2.24. The second-order valence-corrected chi connectivity index (χ2v) is 6.46. The third-order valence-corrected chi connectivity index (χ3v) is 3.82. The summed E-state index contributed by atoms with van der Waals surface area (Å²) >= 11 is 0. The topological polar surface area (TPSA) is 48.8 Å². The molecule has 0 radical (unpaired) electrons. The minimum absolute atomic E-state index is 0.115. The molecule has 0 aliphatic heterocycles. The zero-order chi connectivity index (χ0) is 15.4. The first-order chi connectivity index (χ1) is 9.29. The minimum atomic E-state index is -0.115. The van der Waals surface area contributed by atoms with E-state index in [1.165, 1.54) is 22.3 Å². The van der Waals surface area contributed by atoms with E-state index < -0.39 is 0 Å². The molecular weight excluding hydrogens is 246 g/mol. The molecule has 3 heteroatoms. The van der Waals surface area contributed by atoms with Crippen molar-refractivity contribution in [2.75, 3.05) is 0 Å². The molecule has 0 heterocycles. The molecule has 0 N–H and O–H groups in total. The lowest BCUT2D eigenvalue weighted by atomic mass is 9.82. The predicted molar refractivity (Wildman–Crippen MR) is 86.3 cm³/mol. The number of rotatable bonds is 5. The van der Waals surface area contributed by atoms with Gasteiger partial charge in [0, 0.05) is 4.91 Å². The SMILES string of the molecule is CC(C)c1cc(C(C)C)c(C(C)N=[N+]=[N-])c(C(C)C)c1. The summed E-state index contributed by atoms with van der Waals surface area (Å²) in [5.41, 5.74) is 14.0. The third-order valence-electron chi connectivity index (χ3n) is 3.82. The number of nitrogens with zero attached hydrogens (tertiary/aromatic N) is 3. The summed E-state index contributed by atoms with van der Waals surface area (Å²) in [7, 11) is 0. The lowest BCUT2D eigenvalue weighted by molar-refractivity contribution is 0.716. The van der Waals surface area contributed by atoms with Crippen LogP contribution in [0.25, 0.3) is 10.4 Å². The Morgan fingerprint density at radius 2 is 1.30 bits per heavy atom. The molecule has 1 unspecified atom stereocenters. The van der Waals surface area contributed by atoms with Crippen LogP contribution in [0.4, 0.5) is 0 Å². The summed E-state index contributed by atoms with van der Waals surface area (Å²) in [6.07, 6.45) is 0. The van der Waals surface area contributed by atoms with Gasteiger partial charge < -0.3 is 0 Å². The van der Waals surface area contributed by atoms with Gasteiger partial charge in [-0.05, 0) is 45.5 Å². The Kier molecular flexibility index (Phi) is 5.64. The fourth-order valence-corrected chi connectivity index (χ4v) is 2.63. The zero-order valence-electron chi connectivity index (χ0n) is 13.8. The fraction of sp³-hybridized carbons (Fsp3) is 0.647. The Labute approximate surface area is 123 Å². The maximum absolute atomic E-state index is 8.76. The Balaban J connectivity index is 3.63. The van der Waals surface area contributed by atoms with Gasteiger partial charge in [-0.1, -0.05) is 65.7 Å². The van der Waals surface area contributed by atoms with Crippen molar-refractivity contribution in [3.05, 3.63) is 44.8 Å². The van der Waals surface area contributed by atoms with Crippen LogP contribution in [0.2, 0.25) is 0 Å². The zero-order valence-corrected chi connectivity index (χ0v) is 13.8. The van der Waals surface area contributed by atoms with Gasteiger partial charge in [0.1, 0.15) is 0 Å². The molecule has 0 amide bonds. The molecule has 0 saturated carbocycles. The minimum Gasteiger partial charge on any atom is -0.0862 e. The Hall–Kier alpha value is -1.47. The predicted octanol–water partition coefficient (Wildman–Crippen LogP) is 6.43. The highest BCUT2D eigenvalue weighted by atomic mass is 15.1. The van der Waals surface area contributed by atoms with E-state index in [-0.39, 0.29) is 6.04 Å². The van der Waals surface area contributed by atoms with Gasteiger partial charge in [-0.25, -0.2) is 0 Å². The van der Waals surface area contributed by atoms with Gasteiger partial charge >= 0.3 is 0 Å². The average molecular weight is 273 g/mol. The number of hydrogen-bond donors (Lipinski definition) is 0. The summed E-state index contributed by atoms with van der Waals surface area (Å²) in [6.45, 7) is 15.2. The normalized spacial score (nSPS) is 12.9. The van der Waals surface area contributed by atoms with E-state index in [2.05, 4.69) is 63.7 Å². The molecule has 0 saturated heterocycles. The van der Waals surface area contributed by atoms with Gasteiger partial charge in [0.2, 0.25) is 0 Å². The molecule has 110 valence electrons. The molecule has 1 atom stereocenters. The van der Waals surface area contributed by atoms with Crippen LogP contribution in [-0.2, 0) is 0 Å². The van der Waals surface area contributed by atoms with Crippen molar-refractivity contribution >= 4 is 0 Å². The quantitative estimate of drug-likeness (QED) is 0.337. The van der Waals surface area contributed by atoms with Crippen molar-refractivity contribution in [3.8, 4) is 0 Å². The maximum atomic E-state index is 8.76. The van der Waals surface area contributed by atoms with Crippen molar-refractivity contribution in [1.82, 2.24) is 0 Å². The van der Waals surface area contributed by atoms with E-state index in [9.17, 15) is 0 Å². The standard InChI is InChI=1S/C17H27N3/c1-10(2)14-8-15(11(3)4)17(13(7)19-20-18)16(9-14)12(5)6/h8-13H,1-7H3. The Bertz CT molecular complexity index is 480. The van der Waals surface area contributed by atoms with Crippen molar-refractivity contribution in [2.24, 2.45) is 5.11 Å². The van der Waals surface area contributed by atoms with Gasteiger partial charge in [0.15, 0.2) is 0 Å². The maximum Gasteiger partial charge on any atom is 0.0602 e. The van der Waals surface area contributed by atoms with E-state index in [1.807, 2.05) is 6.92 Å². The summed E-state index contributed by atoms with van der Waals surface area (Å²) in [5, 5.41) is 3.94. The first kappa shape index (κ1) is 16.6. The van der Waals surface area contributed by atoms with Gasteiger partial charge in [0.05, 0.1) is 6.04 Å². The second kappa shape index (κ2) is 6.81. The molecule has 20 heavy (non-hydrogen) atoms. The molecule has 0 spiro atoms. The molecule has 0 fully saturated rings. The summed E-state index contributed by atoms with van der Waals surface area (Å²) in [5.74, 6) is 1.36. The Morgan fingerprint density at radius 3 is 1.60 bits per heavy atom. The number of hydrogen-bond acceptors (Lipinski definition) is 1. The first-order valence-corrected chi connectivity index (χ1v) is 7.51. The van der Waals surface area contributed by atoms with Crippen LogP contribution >= 0.6 is 0 Å². The molecule has 0 aliphatic carbocycles. The molecule has 1 aromatic rings. The van der Waals surface area contributed by atoms with Crippen molar-refractivity contribution in [2.45, 2.75) is 72.3 Å². The van der Waals surface area contributed by atoms with Crippen molar-refractivity contribution < 1.29 is 0 Å². The van der Waals surface area contributed by atoms with Crippen LogP contribution < -0.4 is 0 Å². The van der Waals surface area contributed by atoms with E-state index in [1.54, 1.807) is 0 Å². The van der Waals surface area contributed by atoms with Gasteiger partial charge in [0.25, 0.3) is 0 Å². The molecule has 1 aromatic carbocycles. The van der Waals surface area contributed by atoms with Crippen LogP contribution in [0.5, 0.6) is 0 Å². The number of benzene rings is 1. The van der Waals surface area contributed by atoms with Crippen LogP contribution in [0.15, 0.2) is 17.2 Å². The first-order valence-electron chi connectivity index (χ1n) is 7.51. The second-order valence-electron chi connectivity index (χ2n) is 6.46. The highest BCUT2D eigenvalue weighted by Crippen LogP contribution is 2.36. The van der Waals surface area contributed by atoms with E-state index in [4.69, 9.17) is 5.53 Å². The molecule has 1 rings (SSSR count). The molecular formula is C17H27N3. The van der Waals surface area contributed by atoms with E-state index in [0.29, 0.717) is 17.8 Å². The van der Waals surface area contributed by atoms with Crippen molar-refractivity contribution in [3.63, 3.8) is 0 Å². The van der Waals surface area contributed by atoms with Gasteiger partial charge in [-0.2, -0.15) is 0 Å². The number of azide groups is 1. The summed E-state index contributed by atoms with van der Waals surface area (Å²) in [6, 6.07) is 4.47. The molecule has 0 aliphatic rings. The smallest absolute Gasteiger partial charge is 0.0602 e. The largest absolute Gasteiger partial charge is 0.0862 e. The van der Waals surface area contributed by atoms with Crippen LogP contribution in [0, 0.1) is 0 Å². The molecule has 0 bridgehead atoms. The third kappa shape index (κ3) is 3.55. The Morgan fingerprint density at radius 1 is 0.850 bits per heavy atom. The van der Waals surface area contributed by atoms with Crippen LogP contribution in [-0.4, -0.2) is 0 Å². The van der Waals surface area contributed by atoms with Crippen LogP contribution in [0.1, 0.15) is 94.5 Å². The van der Waals surface area contributed by atoms with Gasteiger partial charge in [-0.15, -0.1) is 0 Å². The van der Waals surface area contributed by atoms with E-state index >= 15 is 0 Å². The summed E-state index contributed by atoms with van der Waals surface area (Å²) < 4.78 is 0. The lowest BCUT2D eigenvalue weighted by Crippen LogP contribution is -2.08.